The van der Waals surface area contributed by atoms with Crippen LogP contribution in [-0.2, 0) is 4.79 Å². The smallest absolute Gasteiger partial charge is 0.303 e. The molecule has 2 N–H and O–H groups in total. The third kappa shape index (κ3) is 4.91. The van der Waals surface area contributed by atoms with E-state index in [1.807, 2.05) is 19.9 Å². The lowest BCUT2D eigenvalue weighted by atomic mass is 10.1. The lowest BCUT2D eigenvalue weighted by Crippen LogP contribution is -2.32. The van der Waals surface area contributed by atoms with Gasteiger partial charge >= 0.3 is 5.97 Å². The minimum absolute atomic E-state index is 0.0768. The predicted octanol–water partition coefficient (Wildman–Crippen LogP) is 2.38. The number of hydrogen-bond donors (Lipinski definition) is 2. The van der Waals surface area contributed by atoms with E-state index in [9.17, 15) is 9.59 Å². The number of aliphatic carboxylic acids is 1. The minimum Gasteiger partial charge on any atom is -0.496 e. The Morgan fingerprint density at radius 3 is 2.70 bits per heavy atom. The summed E-state index contributed by atoms with van der Waals surface area (Å²) >= 11 is 0. The Morgan fingerprint density at radius 2 is 2.10 bits per heavy atom. The Kier molecular flexibility index (Phi) is 6.03. The molecule has 0 bridgehead atoms. The number of amides is 1. The van der Waals surface area contributed by atoms with Crippen LogP contribution in [0.3, 0.4) is 0 Å². The molecule has 5 heteroatoms. The Bertz CT molecular complexity index is 485. The summed E-state index contributed by atoms with van der Waals surface area (Å²) in [6.07, 6.45) is 1.29. The van der Waals surface area contributed by atoms with E-state index in [4.69, 9.17) is 9.84 Å². The highest BCUT2D eigenvalue weighted by molar-refractivity contribution is 5.97. The van der Waals surface area contributed by atoms with Gasteiger partial charge in [-0.1, -0.05) is 11.6 Å². The maximum absolute atomic E-state index is 12.2. The lowest BCUT2D eigenvalue weighted by Gasteiger charge is -2.15. The van der Waals surface area contributed by atoms with E-state index in [0.29, 0.717) is 24.2 Å². The van der Waals surface area contributed by atoms with Crippen LogP contribution in [-0.4, -0.2) is 30.1 Å². The molecule has 0 saturated heterocycles. The molecule has 1 amide bonds. The SMILES string of the molecule is COc1ccc(C)cc1C(=O)NC(C)CCCC(=O)O. The molecule has 0 aliphatic rings. The van der Waals surface area contributed by atoms with Crippen molar-refractivity contribution in [2.24, 2.45) is 0 Å². The fourth-order valence-electron chi connectivity index (χ4n) is 1.93. The van der Waals surface area contributed by atoms with Crippen LogP contribution in [0.2, 0.25) is 0 Å². The van der Waals surface area contributed by atoms with E-state index >= 15 is 0 Å². The largest absolute Gasteiger partial charge is 0.496 e. The number of aryl methyl sites for hydroxylation is 1. The van der Waals surface area contributed by atoms with Crippen molar-refractivity contribution in [2.45, 2.75) is 39.2 Å². The highest BCUT2D eigenvalue weighted by atomic mass is 16.5. The molecule has 0 saturated carbocycles. The molecule has 0 aromatic heterocycles. The Morgan fingerprint density at radius 1 is 1.40 bits per heavy atom. The Labute approximate surface area is 118 Å². The van der Waals surface area contributed by atoms with Crippen molar-refractivity contribution < 1.29 is 19.4 Å². The van der Waals surface area contributed by atoms with E-state index in [2.05, 4.69) is 5.32 Å². The van der Waals surface area contributed by atoms with Crippen LogP contribution in [0, 0.1) is 6.92 Å². The normalized spacial score (nSPS) is 11.8. The summed E-state index contributed by atoms with van der Waals surface area (Å²) in [5.74, 6) is -0.483. The average molecular weight is 279 g/mol. The fourth-order valence-corrected chi connectivity index (χ4v) is 1.93. The summed E-state index contributed by atoms with van der Waals surface area (Å²) in [6, 6.07) is 5.34. The standard InChI is InChI=1S/C15H21NO4/c1-10-7-8-13(20-3)12(9-10)15(19)16-11(2)5-4-6-14(17)18/h7-9,11H,4-6H2,1-3H3,(H,16,19)(H,17,18). The summed E-state index contributed by atoms with van der Waals surface area (Å²) in [4.78, 5) is 22.6. The van der Waals surface area contributed by atoms with Crippen LogP contribution in [0.15, 0.2) is 18.2 Å². The van der Waals surface area contributed by atoms with E-state index in [0.717, 1.165) is 5.56 Å². The summed E-state index contributed by atoms with van der Waals surface area (Å²) in [5, 5.41) is 11.4. The van der Waals surface area contributed by atoms with Gasteiger partial charge in [-0.05, 0) is 38.8 Å². The summed E-state index contributed by atoms with van der Waals surface area (Å²) < 4.78 is 5.18. The zero-order valence-electron chi connectivity index (χ0n) is 12.1. The van der Waals surface area contributed by atoms with Gasteiger partial charge in [0.1, 0.15) is 5.75 Å². The fraction of sp³-hybridized carbons (Fsp3) is 0.467. The molecule has 0 heterocycles. The van der Waals surface area contributed by atoms with Gasteiger partial charge < -0.3 is 15.2 Å². The molecule has 5 nitrogen and oxygen atoms in total. The number of nitrogens with one attached hydrogen (secondary N) is 1. The topological polar surface area (TPSA) is 75.6 Å². The van der Waals surface area contributed by atoms with Crippen LogP contribution in [0.5, 0.6) is 5.75 Å². The third-order valence-corrected chi connectivity index (χ3v) is 3.00. The Hall–Kier alpha value is -2.04. The van der Waals surface area contributed by atoms with Gasteiger partial charge in [0.05, 0.1) is 12.7 Å². The number of hydrogen-bond acceptors (Lipinski definition) is 3. The highest BCUT2D eigenvalue weighted by Gasteiger charge is 2.14. The van der Waals surface area contributed by atoms with Crippen LogP contribution < -0.4 is 10.1 Å². The van der Waals surface area contributed by atoms with Crippen LogP contribution in [0.4, 0.5) is 0 Å². The molecule has 0 fully saturated rings. The number of carbonyl (C=O) groups is 2. The number of carbonyl (C=O) groups excluding carboxylic acids is 1. The first-order valence-electron chi connectivity index (χ1n) is 6.61. The lowest BCUT2D eigenvalue weighted by molar-refractivity contribution is -0.137. The molecule has 1 unspecified atom stereocenters. The molecule has 0 aliphatic heterocycles. The zero-order valence-corrected chi connectivity index (χ0v) is 12.1. The van der Waals surface area contributed by atoms with Crippen molar-refractivity contribution >= 4 is 11.9 Å². The summed E-state index contributed by atoms with van der Waals surface area (Å²) in [6.45, 7) is 3.77. The summed E-state index contributed by atoms with van der Waals surface area (Å²) in [5.41, 5.74) is 1.48. The second-order valence-corrected chi connectivity index (χ2v) is 4.86. The quantitative estimate of drug-likeness (QED) is 0.803. The van der Waals surface area contributed by atoms with Crippen molar-refractivity contribution in [3.63, 3.8) is 0 Å². The average Bonchev–Trinajstić information content (AvgIpc) is 2.38. The molecule has 1 aromatic carbocycles. The molecule has 0 spiro atoms. The number of carboxylic acid groups (broad SMARTS) is 1. The third-order valence-electron chi connectivity index (χ3n) is 3.00. The van der Waals surface area contributed by atoms with Crippen molar-refractivity contribution in [2.75, 3.05) is 7.11 Å². The number of carboxylic acids is 1. The Balaban J connectivity index is 2.62. The number of ether oxygens (including phenoxy) is 1. The first-order valence-corrected chi connectivity index (χ1v) is 6.61. The van der Waals surface area contributed by atoms with Gasteiger partial charge in [-0.15, -0.1) is 0 Å². The van der Waals surface area contributed by atoms with E-state index in [1.54, 1.807) is 12.1 Å². The molecule has 1 aromatic rings. The predicted molar refractivity (Wildman–Crippen MR) is 76.1 cm³/mol. The molecule has 20 heavy (non-hydrogen) atoms. The molecule has 0 radical (unpaired) electrons. The second kappa shape index (κ2) is 7.53. The molecule has 110 valence electrons. The van der Waals surface area contributed by atoms with Crippen LogP contribution >= 0.6 is 0 Å². The number of rotatable bonds is 7. The van der Waals surface area contributed by atoms with E-state index in [1.165, 1.54) is 7.11 Å². The molecule has 1 rings (SSSR count). The van der Waals surface area contributed by atoms with Gasteiger partial charge in [-0.2, -0.15) is 0 Å². The zero-order chi connectivity index (χ0) is 15.1. The van der Waals surface area contributed by atoms with Gasteiger partial charge in [-0.3, -0.25) is 9.59 Å². The van der Waals surface area contributed by atoms with Gasteiger partial charge in [0.2, 0.25) is 0 Å². The van der Waals surface area contributed by atoms with Crippen molar-refractivity contribution in [1.82, 2.24) is 5.32 Å². The van der Waals surface area contributed by atoms with Crippen molar-refractivity contribution in [3.05, 3.63) is 29.3 Å². The maximum Gasteiger partial charge on any atom is 0.303 e. The van der Waals surface area contributed by atoms with Crippen molar-refractivity contribution in [1.29, 1.82) is 0 Å². The van der Waals surface area contributed by atoms with E-state index < -0.39 is 5.97 Å². The first kappa shape index (κ1) is 16.0. The van der Waals surface area contributed by atoms with Gasteiger partial charge in [-0.25, -0.2) is 0 Å². The molecule has 0 aliphatic carbocycles. The van der Waals surface area contributed by atoms with Crippen LogP contribution in [0.25, 0.3) is 0 Å². The number of methoxy groups -OCH3 is 1. The number of benzene rings is 1. The monoisotopic (exact) mass is 279 g/mol. The molecular formula is C15H21NO4. The van der Waals surface area contributed by atoms with Gasteiger partial charge in [0.15, 0.2) is 0 Å². The molecular weight excluding hydrogens is 258 g/mol. The van der Waals surface area contributed by atoms with Crippen LogP contribution in [0.1, 0.15) is 42.1 Å². The molecule has 1 atom stereocenters. The van der Waals surface area contributed by atoms with Gasteiger partial charge in [0, 0.05) is 12.5 Å². The maximum atomic E-state index is 12.2. The van der Waals surface area contributed by atoms with Crippen molar-refractivity contribution in [3.8, 4) is 5.75 Å². The highest BCUT2D eigenvalue weighted by Crippen LogP contribution is 2.19. The second-order valence-electron chi connectivity index (χ2n) is 4.86. The minimum atomic E-state index is -0.816. The summed E-state index contributed by atoms with van der Waals surface area (Å²) in [7, 11) is 1.53. The first-order chi connectivity index (χ1) is 9.43. The van der Waals surface area contributed by atoms with Gasteiger partial charge in [0.25, 0.3) is 5.91 Å². The van der Waals surface area contributed by atoms with E-state index in [-0.39, 0.29) is 18.4 Å².